The number of rotatable bonds is 3. The molecule has 6 heteroatoms. The topological polar surface area (TPSA) is 71.5 Å². The van der Waals surface area contributed by atoms with E-state index in [4.69, 9.17) is 11.6 Å². The largest absolute Gasteiger partial charge is 0.294 e. The van der Waals surface area contributed by atoms with Gasteiger partial charge in [-0.25, -0.2) is 0 Å². The van der Waals surface area contributed by atoms with E-state index in [9.17, 15) is 4.79 Å². The number of hydrogen-bond acceptors (Lipinski definition) is 4. The van der Waals surface area contributed by atoms with Crippen LogP contribution in [0.4, 0.5) is 0 Å². The zero-order valence-electron chi connectivity index (χ0n) is 13.0. The number of pyridine rings is 1. The van der Waals surface area contributed by atoms with Crippen LogP contribution in [0.5, 0.6) is 0 Å². The molecular weight excluding hydrogens is 312 g/mol. The van der Waals surface area contributed by atoms with Gasteiger partial charge in [0.25, 0.3) is 0 Å². The van der Waals surface area contributed by atoms with Gasteiger partial charge in [0.15, 0.2) is 5.78 Å². The molecule has 0 radical (unpaired) electrons. The zero-order valence-corrected chi connectivity index (χ0v) is 13.7. The molecule has 23 heavy (non-hydrogen) atoms. The van der Waals surface area contributed by atoms with E-state index in [1.54, 1.807) is 18.5 Å². The van der Waals surface area contributed by atoms with Crippen molar-refractivity contribution in [3.8, 4) is 11.3 Å². The van der Waals surface area contributed by atoms with E-state index in [0.29, 0.717) is 11.3 Å². The maximum absolute atomic E-state index is 11.1. The number of aromatic nitrogens is 4. The van der Waals surface area contributed by atoms with E-state index in [-0.39, 0.29) is 5.78 Å². The predicted octanol–water partition coefficient (Wildman–Crippen LogP) is 3.97. The van der Waals surface area contributed by atoms with Crippen molar-refractivity contribution >= 4 is 17.4 Å². The fourth-order valence-electron chi connectivity index (χ4n) is 1.83. The first kappa shape index (κ1) is 16.8. The minimum Gasteiger partial charge on any atom is -0.294 e. The highest BCUT2D eigenvalue weighted by atomic mass is 35.5. The van der Waals surface area contributed by atoms with Crippen molar-refractivity contribution in [2.45, 2.75) is 20.3 Å². The second kappa shape index (κ2) is 8.19. The van der Waals surface area contributed by atoms with Gasteiger partial charge in [-0.15, -0.1) is 0 Å². The molecule has 0 saturated carbocycles. The molecule has 1 aromatic carbocycles. The number of halogens is 1. The van der Waals surface area contributed by atoms with Gasteiger partial charge in [-0.1, -0.05) is 30.7 Å². The fourth-order valence-corrected chi connectivity index (χ4v) is 1.96. The summed E-state index contributed by atoms with van der Waals surface area (Å²) >= 11 is 5.67. The normalized spacial score (nSPS) is 9.87. The van der Waals surface area contributed by atoms with Crippen molar-refractivity contribution in [1.29, 1.82) is 0 Å². The molecule has 0 amide bonds. The molecule has 0 atom stereocenters. The minimum absolute atomic E-state index is 0.0113. The van der Waals surface area contributed by atoms with Gasteiger partial charge in [0.05, 0.1) is 6.20 Å². The van der Waals surface area contributed by atoms with Gasteiger partial charge in [0, 0.05) is 28.5 Å². The Bertz CT molecular complexity index is 755. The van der Waals surface area contributed by atoms with E-state index in [1.807, 2.05) is 24.3 Å². The van der Waals surface area contributed by atoms with Crippen LogP contribution < -0.4 is 0 Å². The van der Waals surface area contributed by atoms with Crippen molar-refractivity contribution in [3.05, 3.63) is 65.1 Å². The number of nitrogens with zero attached hydrogens (tertiary/aromatic N) is 3. The van der Waals surface area contributed by atoms with Gasteiger partial charge >= 0.3 is 0 Å². The second-order valence-electron chi connectivity index (χ2n) is 4.85. The Morgan fingerprint density at radius 3 is 2.48 bits per heavy atom. The number of ketones is 1. The number of Topliss-reactive ketones (excluding diaryl/α,β-unsaturated/α-hetero) is 1. The quantitative estimate of drug-likeness (QED) is 0.738. The summed E-state index contributed by atoms with van der Waals surface area (Å²) in [5, 5.41) is 10.9. The molecule has 5 nitrogen and oxygen atoms in total. The molecule has 2 heterocycles. The highest BCUT2D eigenvalue weighted by molar-refractivity contribution is 6.30. The minimum atomic E-state index is -0.0113. The Morgan fingerprint density at radius 2 is 1.91 bits per heavy atom. The average molecular weight is 329 g/mol. The van der Waals surface area contributed by atoms with Crippen LogP contribution in [-0.4, -0.2) is 26.2 Å². The number of H-pyrrole nitrogens is 1. The van der Waals surface area contributed by atoms with Crippen LogP contribution in [0, 0.1) is 0 Å². The summed E-state index contributed by atoms with van der Waals surface area (Å²) in [5.74, 6) is -0.0113. The molecule has 0 fully saturated rings. The Labute approximate surface area is 139 Å². The summed E-state index contributed by atoms with van der Waals surface area (Å²) in [6.07, 6.45) is 5.84. The number of carbonyl (C=O) groups excluding carboxylic acids is 1. The van der Waals surface area contributed by atoms with Gasteiger partial charge in [-0.2, -0.15) is 15.4 Å². The Hall–Kier alpha value is -2.53. The maximum Gasteiger partial charge on any atom is 0.161 e. The Morgan fingerprint density at radius 1 is 1.17 bits per heavy atom. The van der Waals surface area contributed by atoms with E-state index < -0.39 is 0 Å². The number of aromatic amines is 1. The molecule has 0 aliphatic heterocycles. The van der Waals surface area contributed by atoms with Gasteiger partial charge in [0.2, 0.25) is 0 Å². The van der Waals surface area contributed by atoms with Crippen LogP contribution in [0.3, 0.4) is 0 Å². The maximum atomic E-state index is 11.1. The molecule has 3 rings (SSSR count). The molecule has 0 spiro atoms. The summed E-state index contributed by atoms with van der Waals surface area (Å²) in [6, 6.07) is 9.67. The summed E-state index contributed by atoms with van der Waals surface area (Å²) in [5.41, 5.74) is 3.37. The molecule has 1 N–H and O–H groups in total. The second-order valence-corrected chi connectivity index (χ2v) is 5.29. The van der Waals surface area contributed by atoms with Crippen molar-refractivity contribution < 1.29 is 4.79 Å². The first-order valence-corrected chi connectivity index (χ1v) is 7.54. The highest BCUT2D eigenvalue weighted by Crippen LogP contribution is 2.15. The standard InChI is InChI=1S/C9H8N4O.C8H9Cl/c1-6(14)7-2-8(4-10-3-7)9-5-11-13-12-9;1-2-7-3-5-8(9)6-4-7/h2-5H,1H3,(H,11,12,13);3-6H,2H2,1H3. The summed E-state index contributed by atoms with van der Waals surface area (Å²) in [6.45, 7) is 3.63. The number of carbonyl (C=O) groups is 1. The lowest BCUT2D eigenvalue weighted by Crippen LogP contribution is -1.93. The van der Waals surface area contributed by atoms with Gasteiger partial charge in [0.1, 0.15) is 5.69 Å². The first-order valence-electron chi connectivity index (χ1n) is 7.16. The average Bonchev–Trinajstić information content (AvgIpc) is 3.11. The molecule has 3 aromatic rings. The molecular formula is C17H17ClN4O. The number of aryl methyl sites for hydroxylation is 1. The third-order valence-electron chi connectivity index (χ3n) is 3.18. The van der Waals surface area contributed by atoms with Crippen LogP contribution >= 0.6 is 11.6 Å². The van der Waals surface area contributed by atoms with Crippen LogP contribution in [0.15, 0.2) is 48.9 Å². The molecule has 118 valence electrons. The monoisotopic (exact) mass is 328 g/mol. The van der Waals surface area contributed by atoms with E-state index in [2.05, 4.69) is 27.3 Å². The lowest BCUT2D eigenvalue weighted by Gasteiger charge is -1.97. The number of nitrogens with one attached hydrogen (secondary N) is 1. The van der Waals surface area contributed by atoms with Gasteiger partial charge in [-0.05, 0) is 37.1 Å². The lowest BCUT2D eigenvalue weighted by molar-refractivity contribution is 0.101. The third-order valence-corrected chi connectivity index (χ3v) is 3.43. The van der Waals surface area contributed by atoms with Gasteiger partial charge < -0.3 is 0 Å². The molecule has 0 unspecified atom stereocenters. The fraction of sp³-hybridized carbons (Fsp3) is 0.176. The van der Waals surface area contributed by atoms with Crippen LogP contribution in [0.1, 0.15) is 29.8 Å². The molecule has 0 aliphatic rings. The summed E-state index contributed by atoms with van der Waals surface area (Å²) in [4.78, 5) is 15.0. The van der Waals surface area contributed by atoms with Crippen molar-refractivity contribution in [3.63, 3.8) is 0 Å². The summed E-state index contributed by atoms with van der Waals surface area (Å²) in [7, 11) is 0. The van der Waals surface area contributed by atoms with E-state index in [0.717, 1.165) is 17.0 Å². The van der Waals surface area contributed by atoms with E-state index in [1.165, 1.54) is 18.7 Å². The first-order chi connectivity index (χ1) is 11.1. The van der Waals surface area contributed by atoms with Gasteiger partial charge in [-0.3, -0.25) is 9.78 Å². The SMILES string of the molecule is CC(=O)c1cncc(-c2cn[nH]n2)c1.CCc1ccc(Cl)cc1. The van der Waals surface area contributed by atoms with Crippen LogP contribution in [0.2, 0.25) is 5.02 Å². The van der Waals surface area contributed by atoms with Crippen molar-refractivity contribution in [2.24, 2.45) is 0 Å². The summed E-state index contributed by atoms with van der Waals surface area (Å²) < 4.78 is 0. The van der Waals surface area contributed by atoms with Crippen LogP contribution in [0.25, 0.3) is 11.3 Å². The Kier molecular flexibility index (Phi) is 6.00. The molecule has 0 aliphatic carbocycles. The van der Waals surface area contributed by atoms with Crippen LogP contribution in [-0.2, 0) is 6.42 Å². The predicted molar refractivity (Wildman–Crippen MR) is 90.4 cm³/mol. The molecule has 0 saturated heterocycles. The highest BCUT2D eigenvalue weighted by Gasteiger charge is 2.04. The smallest absolute Gasteiger partial charge is 0.161 e. The van der Waals surface area contributed by atoms with Crippen molar-refractivity contribution in [2.75, 3.05) is 0 Å². The van der Waals surface area contributed by atoms with Crippen molar-refractivity contribution in [1.82, 2.24) is 20.4 Å². The Balaban J connectivity index is 0.000000185. The molecule has 2 aromatic heterocycles. The number of hydrogen-bond donors (Lipinski definition) is 1. The number of benzene rings is 1. The van der Waals surface area contributed by atoms with E-state index >= 15 is 0 Å². The zero-order chi connectivity index (χ0) is 16.7. The third kappa shape index (κ3) is 5.00. The lowest BCUT2D eigenvalue weighted by atomic mass is 10.1. The molecule has 0 bridgehead atoms.